The van der Waals surface area contributed by atoms with Crippen LogP contribution < -0.4 is 27.0 Å². The zero-order valence-electron chi connectivity index (χ0n) is 18.3. The standard InChI is InChI=1S/C19H28N8O7/c20-16-25-11(15-19(24-10-23-15)18(32,33)4-8-27(16)19)9-34-17(31)22-6-5-21-12(28)3-7-26-13(29)1-2-14(26)30/h1-2,11,15,23-24,32-33H,3-10H2,(H2,20,25)(H,21,28)(H,22,31). The van der Waals surface area contributed by atoms with Crippen molar-refractivity contribution in [3.63, 3.8) is 0 Å². The van der Waals surface area contributed by atoms with E-state index in [9.17, 15) is 29.4 Å². The Balaban J connectivity index is 1.18. The quantitative estimate of drug-likeness (QED) is 0.0998. The molecule has 15 nitrogen and oxygen atoms in total. The number of nitrogens with two attached hydrogens (primary N) is 1. The molecule has 2 fully saturated rings. The highest BCUT2D eigenvalue weighted by Gasteiger charge is 2.68. The highest BCUT2D eigenvalue weighted by atomic mass is 16.5. The first-order chi connectivity index (χ1) is 16.2. The van der Waals surface area contributed by atoms with Crippen molar-refractivity contribution in [1.82, 2.24) is 31.1 Å². The van der Waals surface area contributed by atoms with Crippen molar-refractivity contribution in [1.29, 1.82) is 0 Å². The number of hydrogen-bond donors (Lipinski definition) is 7. The van der Waals surface area contributed by atoms with Crippen LogP contribution in [0.3, 0.4) is 0 Å². The fraction of sp³-hybridized carbons (Fsp3) is 0.632. The maximum Gasteiger partial charge on any atom is 0.407 e. The van der Waals surface area contributed by atoms with Gasteiger partial charge < -0.3 is 36.2 Å². The van der Waals surface area contributed by atoms with Gasteiger partial charge in [0.15, 0.2) is 11.6 Å². The first-order valence-corrected chi connectivity index (χ1v) is 10.9. The number of nitrogens with zero attached hydrogens (tertiary/aromatic N) is 3. The van der Waals surface area contributed by atoms with E-state index in [0.717, 1.165) is 17.1 Å². The molecule has 34 heavy (non-hydrogen) atoms. The van der Waals surface area contributed by atoms with E-state index in [1.54, 1.807) is 4.90 Å². The van der Waals surface area contributed by atoms with Crippen molar-refractivity contribution in [3.8, 4) is 0 Å². The Bertz CT molecular complexity index is 920. The second kappa shape index (κ2) is 9.17. The zero-order chi connectivity index (χ0) is 24.5. The van der Waals surface area contributed by atoms with Crippen molar-refractivity contribution in [3.05, 3.63) is 12.2 Å². The van der Waals surface area contributed by atoms with E-state index in [2.05, 4.69) is 26.3 Å². The molecule has 4 heterocycles. The summed E-state index contributed by atoms with van der Waals surface area (Å²) < 4.78 is 5.23. The number of carbonyl (C=O) groups is 4. The molecule has 4 aliphatic heterocycles. The minimum atomic E-state index is -2.05. The molecule has 15 heteroatoms. The maximum absolute atomic E-state index is 12.1. The smallest absolute Gasteiger partial charge is 0.407 e. The lowest BCUT2D eigenvalue weighted by molar-refractivity contribution is -0.222. The lowest BCUT2D eigenvalue weighted by Gasteiger charge is -2.49. The molecular formula is C19H28N8O7. The lowest BCUT2D eigenvalue weighted by Crippen LogP contribution is -2.76. The molecule has 8 N–H and O–H groups in total. The first-order valence-electron chi connectivity index (χ1n) is 10.9. The van der Waals surface area contributed by atoms with E-state index >= 15 is 0 Å². The Kier molecular flexibility index (Phi) is 6.44. The highest BCUT2D eigenvalue weighted by Crippen LogP contribution is 2.42. The topological polar surface area (TPSA) is 211 Å². The molecule has 3 atom stereocenters. The number of guanidine groups is 1. The first kappa shape index (κ1) is 23.9. The molecule has 0 aromatic heterocycles. The number of ether oxygens (including phenoxy) is 1. The van der Waals surface area contributed by atoms with E-state index in [1.165, 1.54) is 0 Å². The van der Waals surface area contributed by atoms with Gasteiger partial charge in [-0.05, 0) is 0 Å². The van der Waals surface area contributed by atoms with Crippen molar-refractivity contribution in [2.45, 2.75) is 36.4 Å². The number of alkyl carbamates (subject to hydrolysis) is 1. The third-order valence-corrected chi connectivity index (χ3v) is 6.37. The maximum atomic E-state index is 12.1. The summed E-state index contributed by atoms with van der Waals surface area (Å²) in [6.07, 6.45) is 1.58. The summed E-state index contributed by atoms with van der Waals surface area (Å²) in [4.78, 5) is 53.8. The number of hydrogen-bond acceptors (Lipinski definition) is 12. The Morgan fingerprint density at radius 3 is 2.68 bits per heavy atom. The molecule has 0 bridgehead atoms. The molecule has 4 amide bonds. The molecule has 186 valence electrons. The van der Waals surface area contributed by atoms with Crippen LogP contribution in [-0.4, -0.2) is 113 Å². The summed E-state index contributed by atoms with van der Waals surface area (Å²) in [6.45, 7) is 0.632. The van der Waals surface area contributed by atoms with Gasteiger partial charge in [-0.3, -0.25) is 29.9 Å². The van der Waals surface area contributed by atoms with Gasteiger partial charge in [-0.15, -0.1) is 0 Å². The molecule has 0 aromatic rings. The van der Waals surface area contributed by atoms with Gasteiger partial charge in [0.25, 0.3) is 11.8 Å². The van der Waals surface area contributed by atoms with Gasteiger partial charge in [0.2, 0.25) is 11.7 Å². The average Bonchev–Trinajstić information content (AvgIpc) is 3.45. The van der Waals surface area contributed by atoms with Crippen LogP contribution in [-0.2, 0) is 19.1 Å². The van der Waals surface area contributed by atoms with Crippen LogP contribution in [0.2, 0.25) is 0 Å². The van der Waals surface area contributed by atoms with Crippen molar-refractivity contribution < 1.29 is 34.1 Å². The Labute approximate surface area is 194 Å². The summed E-state index contributed by atoms with van der Waals surface area (Å²) in [7, 11) is 0. The average molecular weight is 480 g/mol. The van der Waals surface area contributed by atoms with Crippen LogP contribution in [0.4, 0.5) is 4.79 Å². The summed E-state index contributed by atoms with van der Waals surface area (Å²) in [5.41, 5.74) is 4.77. The third kappa shape index (κ3) is 4.18. The van der Waals surface area contributed by atoms with Gasteiger partial charge in [0.1, 0.15) is 12.6 Å². The summed E-state index contributed by atoms with van der Waals surface area (Å²) >= 11 is 0. The lowest BCUT2D eigenvalue weighted by atomic mass is 9.87. The summed E-state index contributed by atoms with van der Waals surface area (Å²) in [5, 5.41) is 32.4. The van der Waals surface area contributed by atoms with Crippen LogP contribution in [0.5, 0.6) is 0 Å². The van der Waals surface area contributed by atoms with Gasteiger partial charge in [-0.1, -0.05) is 0 Å². The molecule has 0 radical (unpaired) electrons. The summed E-state index contributed by atoms with van der Waals surface area (Å²) in [6, 6.07) is -1.21. The second-order valence-electron chi connectivity index (χ2n) is 8.36. The molecule has 0 aromatic carbocycles. The van der Waals surface area contributed by atoms with Gasteiger partial charge in [0.05, 0.1) is 6.04 Å². The molecule has 3 unspecified atom stereocenters. The number of imide groups is 1. The number of rotatable bonds is 8. The minimum Gasteiger partial charge on any atom is -0.447 e. The Morgan fingerprint density at radius 1 is 1.24 bits per heavy atom. The SMILES string of the molecule is NC1=NC(COC(=O)NCCNC(=O)CCN2C(=O)C=CC2=O)C2NCNC23N1CCC3(O)O. The van der Waals surface area contributed by atoms with Gasteiger partial charge in [-0.25, -0.2) is 9.79 Å². The van der Waals surface area contributed by atoms with Crippen LogP contribution >= 0.6 is 0 Å². The van der Waals surface area contributed by atoms with Crippen LogP contribution in [0.1, 0.15) is 12.8 Å². The molecular weight excluding hydrogens is 452 g/mol. The van der Waals surface area contributed by atoms with Gasteiger partial charge >= 0.3 is 6.09 Å². The predicted molar refractivity (Wildman–Crippen MR) is 114 cm³/mol. The number of nitrogens with one attached hydrogen (secondary N) is 4. The number of aliphatic hydroxyl groups is 2. The monoisotopic (exact) mass is 480 g/mol. The van der Waals surface area contributed by atoms with E-state index in [4.69, 9.17) is 10.5 Å². The molecule has 4 aliphatic rings. The Morgan fingerprint density at radius 2 is 1.94 bits per heavy atom. The van der Waals surface area contributed by atoms with Crippen molar-refractivity contribution in [2.75, 3.05) is 39.5 Å². The predicted octanol–water partition coefficient (Wildman–Crippen LogP) is -4.56. The fourth-order valence-corrected chi connectivity index (χ4v) is 4.75. The normalized spacial score (nSPS) is 29.1. The number of amides is 4. The number of aliphatic imine (C=N–C) groups is 1. The van der Waals surface area contributed by atoms with E-state index in [1.807, 2.05) is 0 Å². The van der Waals surface area contributed by atoms with Gasteiger partial charge in [-0.2, -0.15) is 0 Å². The largest absolute Gasteiger partial charge is 0.447 e. The molecule has 2 saturated heterocycles. The molecule has 0 saturated carbocycles. The van der Waals surface area contributed by atoms with Crippen molar-refractivity contribution >= 4 is 29.8 Å². The third-order valence-electron chi connectivity index (χ3n) is 6.37. The minimum absolute atomic E-state index is 0.0248. The van der Waals surface area contributed by atoms with Gasteiger partial charge in [0, 0.05) is 57.8 Å². The molecule has 4 rings (SSSR count). The zero-order valence-corrected chi connectivity index (χ0v) is 18.3. The van der Waals surface area contributed by atoms with E-state index in [0.29, 0.717) is 13.2 Å². The van der Waals surface area contributed by atoms with E-state index < -0.39 is 41.4 Å². The van der Waals surface area contributed by atoms with Crippen LogP contribution in [0, 0.1) is 0 Å². The van der Waals surface area contributed by atoms with Crippen LogP contribution in [0.25, 0.3) is 0 Å². The van der Waals surface area contributed by atoms with Crippen molar-refractivity contribution in [2.24, 2.45) is 10.7 Å². The number of carbonyl (C=O) groups excluding carboxylic acids is 4. The second-order valence-corrected chi connectivity index (χ2v) is 8.36. The highest BCUT2D eigenvalue weighted by molar-refractivity contribution is 6.13. The van der Waals surface area contributed by atoms with E-state index in [-0.39, 0.29) is 50.9 Å². The molecule has 0 aliphatic carbocycles. The summed E-state index contributed by atoms with van der Waals surface area (Å²) in [5.74, 6) is -3.21. The van der Waals surface area contributed by atoms with Crippen LogP contribution in [0.15, 0.2) is 17.1 Å². The fourth-order valence-electron chi connectivity index (χ4n) is 4.75. The molecule has 1 spiro atoms. The Hall–Kier alpha value is -3.27.